The lowest BCUT2D eigenvalue weighted by Crippen LogP contribution is -2.38. The Labute approximate surface area is 138 Å². The molecule has 122 valence electrons. The van der Waals surface area contributed by atoms with E-state index >= 15 is 0 Å². The van der Waals surface area contributed by atoms with Gasteiger partial charge in [0.25, 0.3) is 0 Å². The van der Waals surface area contributed by atoms with Crippen molar-refractivity contribution in [2.75, 3.05) is 19.6 Å². The number of hydrogen-bond acceptors (Lipinski definition) is 3. The van der Waals surface area contributed by atoms with Crippen LogP contribution in [0.2, 0.25) is 0 Å². The van der Waals surface area contributed by atoms with Crippen LogP contribution in [0.1, 0.15) is 42.7 Å². The summed E-state index contributed by atoms with van der Waals surface area (Å²) in [6.07, 6.45) is 2.28. The lowest BCUT2D eigenvalue weighted by Gasteiger charge is -2.39. The normalized spacial score (nSPS) is 22.1. The van der Waals surface area contributed by atoms with E-state index in [1.54, 1.807) is 12.1 Å². The first-order valence-corrected chi connectivity index (χ1v) is 8.48. The highest BCUT2D eigenvalue weighted by Crippen LogP contribution is 2.41. The van der Waals surface area contributed by atoms with Crippen LogP contribution in [0, 0.1) is 0 Å². The Morgan fingerprint density at radius 3 is 2.43 bits per heavy atom. The Bertz CT molecular complexity index is 641. The van der Waals surface area contributed by atoms with Gasteiger partial charge in [-0.15, -0.1) is 0 Å². The van der Waals surface area contributed by atoms with E-state index < -0.39 is 0 Å². The molecule has 23 heavy (non-hydrogen) atoms. The summed E-state index contributed by atoms with van der Waals surface area (Å²) in [6, 6.07) is 15.9. The maximum atomic E-state index is 9.89. The van der Waals surface area contributed by atoms with E-state index in [1.807, 2.05) is 6.07 Å². The van der Waals surface area contributed by atoms with Crippen molar-refractivity contribution in [1.29, 1.82) is 0 Å². The number of piperidine rings is 1. The Kier molecular flexibility index (Phi) is 4.87. The Hall–Kier alpha value is -2.00. The Morgan fingerprint density at radius 2 is 1.74 bits per heavy atom. The number of likely N-dealkylation sites (tertiary alicyclic amines) is 1. The zero-order valence-electron chi connectivity index (χ0n) is 13.7. The maximum Gasteiger partial charge on any atom is 0.157 e. The van der Waals surface area contributed by atoms with Gasteiger partial charge in [-0.1, -0.05) is 43.3 Å². The predicted molar refractivity (Wildman–Crippen MR) is 93.0 cm³/mol. The quantitative estimate of drug-likeness (QED) is 0.836. The molecule has 2 N–H and O–H groups in total. The van der Waals surface area contributed by atoms with Crippen molar-refractivity contribution in [3.05, 3.63) is 59.7 Å². The van der Waals surface area contributed by atoms with Gasteiger partial charge in [0.2, 0.25) is 0 Å². The highest BCUT2D eigenvalue weighted by atomic mass is 16.3. The van der Waals surface area contributed by atoms with Crippen LogP contribution in [0.25, 0.3) is 0 Å². The molecular formula is C20H25NO2. The number of rotatable bonds is 4. The summed E-state index contributed by atoms with van der Waals surface area (Å²) in [5.41, 5.74) is 2.47. The van der Waals surface area contributed by atoms with Crippen LogP contribution < -0.4 is 0 Å². The number of benzene rings is 2. The molecule has 1 heterocycles. The number of nitrogens with zero attached hydrogens (tertiary/aromatic N) is 1. The molecule has 3 nitrogen and oxygen atoms in total. The van der Waals surface area contributed by atoms with E-state index in [2.05, 4.69) is 42.2 Å². The summed E-state index contributed by atoms with van der Waals surface area (Å²) >= 11 is 0. The van der Waals surface area contributed by atoms with E-state index in [0.717, 1.165) is 38.0 Å². The van der Waals surface area contributed by atoms with Crippen molar-refractivity contribution < 1.29 is 10.2 Å². The largest absolute Gasteiger partial charge is 0.504 e. The van der Waals surface area contributed by atoms with Crippen molar-refractivity contribution in [3.63, 3.8) is 0 Å². The predicted octanol–water partition coefficient (Wildman–Crippen LogP) is 4.08. The molecule has 3 heteroatoms. The fraction of sp³-hybridized carbons (Fsp3) is 0.400. The SMILES string of the molecule is CCCN1CC[C@@H](c2ccccc2)[C@H](c2ccc(O)c(O)c2)C1. The topological polar surface area (TPSA) is 43.7 Å². The molecule has 0 aliphatic carbocycles. The third kappa shape index (κ3) is 3.50. The van der Waals surface area contributed by atoms with Gasteiger partial charge in [0.15, 0.2) is 11.5 Å². The average molecular weight is 311 g/mol. The molecule has 1 aliphatic heterocycles. The summed E-state index contributed by atoms with van der Waals surface area (Å²) < 4.78 is 0. The molecule has 1 fully saturated rings. The van der Waals surface area contributed by atoms with Gasteiger partial charge in [-0.2, -0.15) is 0 Å². The van der Waals surface area contributed by atoms with E-state index in [9.17, 15) is 10.2 Å². The van der Waals surface area contributed by atoms with Crippen LogP contribution in [0.4, 0.5) is 0 Å². The maximum absolute atomic E-state index is 9.89. The first-order valence-electron chi connectivity index (χ1n) is 8.48. The third-order valence-corrected chi connectivity index (χ3v) is 4.89. The van der Waals surface area contributed by atoms with Gasteiger partial charge in [0.05, 0.1) is 0 Å². The molecule has 0 bridgehead atoms. The zero-order valence-corrected chi connectivity index (χ0v) is 13.7. The molecule has 0 unspecified atom stereocenters. The first kappa shape index (κ1) is 15.9. The van der Waals surface area contributed by atoms with Gasteiger partial charge in [-0.25, -0.2) is 0 Å². The van der Waals surface area contributed by atoms with Crippen molar-refractivity contribution in [2.24, 2.45) is 0 Å². The van der Waals surface area contributed by atoms with E-state index in [-0.39, 0.29) is 11.5 Å². The molecule has 2 aromatic rings. The van der Waals surface area contributed by atoms with Crippen LogP contribution in [0.15, 0.2) is 48.5 Å². The van der Waals surface area contributed by atoms with E-state index in [0.29, 0.717) is 11.8 Å². The number of aromatic hydroxyl groups is 2. The lowest BCUT2D eigenvalue weighted by molar-refractivity contribution is 0.189. The van der Waals surface area contributed by atoms with E-state index in [4.69, 9.17) is 0 Å². The van der Waals surface area contributed by atoms with E-state index in [1.165, 1.54) is 5.56 Å². The summed E-state index contributed by atoms with van der Waals surface area (Å²) in [7, 11) is 0. The van der Waals surface area contributed by atoms with Crippen LogP contribution in [-0.4, -0.2) is 34.7 Å². The number of phenolic OH excluding ortho intramolecular Hbond substituents is 2. The zero-order chi connectivity index (χ0) is 16.2. The van der Waals surface area contributed by atoms with Gasteiger partial charge in [0.1, 0.15) is 0 Å². The smallest absolute Gasteiger partial charge is 0.157 e. The van der Waals surface area contributed by atoms with Crippen LogP contribution in [0.3, 0.4) is 0 Å². The van der Waals surface area contributed by atoms with Gasteiger partial charge in [0, 0.05) is 12.5 Å². The molecule has 1 saturated heterocycles. The highest BCUT2D eigenvalue weighted by Gasteiger charge is 2.31. The van der Waals surface area contributed by atoms with Crippen molar-refractivity contribution in [2.45, 2.75) is 31.6 Å². The summed E-state index contributed by atoms with van der Waals surface area (Å²) in [6.45, 7) is 5.44. The van der Waals surface area contributed by atoms with Crippen LogP contribution in [-0.2, 0) is 0 Å². The Morgan fingerprint density at radius 1 is 0.957 bits per heavy atom. The average Bonchev–Trinajstić information content (AvgIpc) is 2.58. The van der Waals surface area contributed by atoms with Crippen molar-refractivity contribution in [1.82, 2.24) is 4.90 Å². The summed E-state index contributed by atoms with van der Waals surface area (Å²) in [5.74, 6) is 0.714. The molecule has 0 aromatic heterocycles. The van der Waals surface area contributed by atoms with Crippen LogP contribution >= 0.6 is 0 Å². The third-order valence-electron chi connectivity index (χ3n) is 4.89. The minimum atomic E-state index is -0.0498. The van der Waals surface area contributed by atoms with Gasteiger partial charge in [-0.3, -0.25) is 0 Å². The van der Waals surface area contributed by atoms with Crippen LogP contribution in [0.5, 0.6) is 11.5 Å². The molecule has 2 aromatic carbocycles. The fourth-order valence-corrected chi connectivity index (χ4v) is 3.75. The van der Waals surface area contributed by atoms with Crippen molar-refractivity contribution >= 4 is 0 Å². The minimum Gasteiger partial charge on any atom is -0.504 e. The minimum absolute atomic E-state index is 0.0260. The second kappa shape index (κ2) is 7.05. The standard InChI is InChI=1S/C20H25NO2/c1-2-11-21-12-10-17(15-6-4-3-5-7-15)18(14-21)16-8-9-19(22)20(23)13-16/h3-9,13,17-18,22-23H,2,10-12,14H2,1H3/t17-,18-/m0/s1. The molecule has 2 atom stereocenters. The Balaban J connectivity index is 1.92. The van der Waals surface area contributed by atoms with Gasteiger partial charge >= 0.3 is 0 Å². The first-order chi connectivity index (χ1) is 11.2. The summed E-state index contributed by atoms with van der Waals surface area (Å²) in [5, 5.41) is 19.5. The molecule has 0 saturated carbocycles. The molecule has 0 amide bonds. The molecule has 0 radical (unpaired) electrons. The van der Waals surface area contributed by atoms with Gasteiger partial charge < -0.3 is 15.1 Å². The summed E-state index contributed by atoms with van der Waals surface area (Å²) in [4.78, 5) is 2.51. The van der Waals surface area contributed by atoms with Gasteiger partial charge in [-0.05, 0) is 55.1 Å². The number of hydrogen-bond donors (Lipinski definition) is 2. The second-order valence-corrected chi connectivity index (χ2v) is 6.46. The monoisotopic (exact) mass is 311 g/mol. The fourth-order valence-electron chi connectivity index (χ4n) is 3.75. The second-order valence-electron chi connectivity index (χ2n) is 6.46. The molecule has 0 spiro atoms. The number of phenols is 2. The molecule has 3 rings (SSSR count). The molecule has 1 aliphatic rings. The highest BCUT2D eigenvalue weighted by molar-refractivity contribution is 5.43. The molecular weight excluding hydrogens is 286 g/mol. The van der Waals surface area contributed by atoms with Crippen molar-refractivity contribution in [3.8, 4) is 11.5 Å². The lowest BCUT2D eigenvalue weighted by atomic mass is 9.76.